The number of nitrogens with zero attached hydrogens (tertiary/aromatic N) is 3. The van der Waals surface area contributed by atoms with Gasteiger partial charge in [-0.05, 0) is 62.4 Å². The number of rotatable bonds is 8. The van der Waals surface area contributed by atoms with Gasteiger partial charge >= 0.3 is 0 Å². The minimum atomic E-state index is -0.219. The summed E-state index contributed by atoms with van der Waals surface area (Å²) in [6.45, 7) is 4.74. The Morgan fingerprint density at radius 2 is 1.18 bits per heavy atom. The van der Waals surface area contributed by atoms with Crippen LogP contribution in [-0.2, 0) is 17.9 Å². The number of hydrogen-bond donors (Lipinski definition) is 1. The molecule has 3 amide bonds. The van der Waals surface area contributed by atoms with Crippen molar-refractivity contribution in [1.29, 1.82) is 0 Å². The van der Waals surface area contributed by atoms with Gasteiger partial charge in [-0.15, -0.1) is 0 Å². The van der Waals surface area contributed by atoms with Crippen molar-refractivity contribution in [2.24, 2.45) is 4.99 Å². The third-order valence-electron chi connectivity index (χ3n) is 8.24. The fourth-order valence-corrected chi connectivity index (χ4v) is 5.90. The van der Waals surface area contributed by atoms with Gasteiger partial charge in [0.2, 0.25) is 5.91 Å². The first-order chi connectivity index (χ1) is 24.0. The second kappa shape index (κ2) is 15.8. The number of benzene rings is 4. The van der Waals surface area contributed by atoms with Crippen molar-refractivity contribution < 1.29 is 33.3 Å². The second-order valence-electron chi connectivity index (χ2n) is 11.8. The molecule has 12 heteroatoms. The lowest BCUT2D eigenvalue weighted by Crippen LogP contribution is -2.34. The number of nitrogens with one attached hydrogen (secondary N) is 1. The Labute approximate surface area is 296 Å². The lowest BCUT2D eigenvalue weighted by atomic mass is 10.1. The molecular formula is C38H39ClN4O7. The monoisotopic (exact) mass is 698 g/mol. The van der Waals surface area contributed by atoms with Crippen LogP contribution in [0.4, 0.5) is 11.4 Å². The van der Waals surface area contributed by atoms with Crippen molar-refractivity contribution in [3.63, 3.8) is 0 Å². The smallest absolute Gasteiger partial charge is 0.256 e. The summed E-state index contributed by atoms with van der Waals surface area (Å²) in [5.41, 5.74) is 5.85. The molecule has 0 aliphatic carbocycles. The van der Waals surface area contributed by atoms with E-state index in [9.17, 15) is 14.4 Å². The van der Waals surface area contributed by atoms with Gasteiger partial charge in [0.1, 0.15) is 34.7 Å². The SMILES string of the molecule is COc1ccc(CN2CC(=O)Nc3ccc(C)cc3C2=O)c(OC)c1.COc1ccc(CN2CC(Cl)=Nc3ccc(C)cc3C2=O)c(OC)c1. The Hall–Kier alpha value is -5.55. The Morgan fingerprint density at radius 3 is 1.74 bits per heavy atom. The van der Waals surface area contributed by atoms with E-state index >= 15 is 0 Å². The van der Waals surface area contributed by atoms with Crippen LogP contribution in [0, 0.1) is 13.8 Å². The predicted molar refractivity (Wildman–Crippen MR) is 193 cm³/mol. The normalized spacial score (nSPS) is 13.8. The van der Waals surface area contributed by atoms with Crippen LogP contribution in [0.15, 0.2) is 77.8 Å². The summed E-state index contributed by atoms with van der Waals surface area (Å²) in [6, 6.07) is 21.9. The number of carbonyl (C=O) groups is 3. The lowest BCUT2D eigenvalue weighted by molar-refractivity contribution is -0.116. The molecular weight excluding hydrogens is 660 g/mol. The van der Waals surface area contributed by atoms with Gasteiger partial charge in [-0.2, -0.15) is 0 Å². The predicted octanol–water partition coefficient (Wildman–Crippen LogP) is 6.54. The highest BCUT2D eigenvalue weighted by molar-refractivity contribution is 6.66. The summed E-state index contributed by atoms with van der Waals surface area (Å²) < 4.78 is 21.2. The van der Waals surface area contributed by atoms with E-state index in [1.807, 2.05) is 56.3 Å². The molecule has 1 N–H and O–H groups in total. The zero-order chi connectivity index (χ0) is 35.9. The molecule has 50 heavy (non-hydrogen) atoms. The molecule has 0 unspecified atom stereocenters. The minimum Gasteiger partial charge on any atom is -0.497 e. The third kappa shape index (κ3) is 8.18. The first kappa shape index (κ1) is 35.7. The van der Waals surface area contributed by atoms with Crippen LogP contribution >= 0.6 is 11.6 Å². The molecule has 4 aromatic rings. The van der Waals surface area contributed by atoms with Gasteiger partial charge in [0.25, 0.3) is 11.8 Å². The van der Waals surface area contributed by atoms with Crippen molar-refractivity contribution in [3.8, 4) is 23.0 Å². The van der Waals surface area contributed by atoms with Crippen LogP contribution in [0.2, 0.25) is 0 Å². The molecule has 260 valence electrons. The lowest BCUT2D eigenvalue weighted by Gasteiger charge is -2.22. The fourth-order valence-electron chi connectivity index (χ4n) is 5.67. The van der Waals surface area contributed by atoms with Gasteiger partial charge in [0.05, 0.1) is 70.6 Å². The number of amides is 3. The molecule has 0 atom stereocenters. The molecule has 11 nitrogen and oxygen atoms in total. The molecule has 0 saturated carbocycles. The number of methoxy groups -OCH3 is 4. The molecule has 0 radical (unpaired) electrons. The molecule has 0 saturated heterocycles. The highest BCUT2D eigenvalue weighted by atomic mass is 35.5. The second-order valence-corrected chi connectivity index (χ2v) is 12.2. The molecule has 6 rings (SSSR count). The summed E-state index contributed by atoms with van der Waals surface area (Å²) in [5.74, 6) is 2.13. The van der Waals surface area contributed by atoms with E-state index in [1.54, 1.807) is 63.7 Å². The maximum absolute atomic E-state index is 13.0. The summed E-state index contributed by atoms with van der Waals surface area (Å²) in [4.78, 5) is 45.6. The highest BCUT2D eigenvalue weighted by Crippen LogP contribution is 2.31. The summed E-state index contributed by atoms with van der Waals surface area (Å²) in [6.07, 6.45) is 0. The Kier molecular flexibility index (Phi) is 11.3. The average molecular weight is 699 g/mol. The Morgan fingerprint density at radius 1 is 0.660 bits per heavy atom. The first-order valence-electron chi connectivity index (χ1n) is 15.8. The maximum Gasteiger partial charge on any atom is 0.256 e. The van der Waals surface area contributed by atoms with Crippen LogP contribution < -0.4 is 24.3 Å². The third-order valence-corrected chi connectivity index (χ3v) is 8.45. The number of ether oxygens (including phenoxy) is 4. The van der Waals surface area contributed by atoms with E-state index in [2.05, 4.69) is 10.3 Å². The Bertz CT molecular complexity index is 1910. The minimum absolute atomic E-state index is 0.0122. The molecule has 2 aliphatic rings. The summed E-state index contributed by atoms with van der Waals surface area (Å²) in [7, 11) is 6.34. The van der Waals surface area contributed by atoms with E-state index in [0.29, 0.717) is 57.2 Å². The van der Waals surface area contributed by atoms with Crippen LogP contribution in [0.1, 0.15) is 43.0 Å². The number of hydrogen-bond acceptors (Lipinski definition) is 8. The van der Waals surface area contributed by atoms with E-state index < -0.39 is 0 Å². The van der Waals surface area contributed by atoms with Crippen molar-refractivity contribution >= 4 is 45.9 Å². The molecule has 2 aliphatic heterocycles. The maximum atomic E-state index is 13.0. The van der Waals surface area contributed by atoms with Gasteiger partial charge in [-0.1, -0.05) is 34.9 Å². The van der Waals surface area contributed by atoms with E-state index in [4.69, 9.17) is 30.5 Å². The van der Waals surface area contributed by atoms with Crippen LogP contribution in [-0.4, -0.2) is 74.2 Å². The van der Waals surface area contributed by atoms with Crippen molar-refractivity contribution in [1.82, 2.24) is 9.80 Å². The zero-order valence-electron chi connectivity index (χ0n) is 28.8. The molecule has 0 fully saturated rings. The van der Waals surface area contributed by atoms with E-state index in [1.165, 1.54) is 4.90 Å². The Balaban J connectivity index is 0.000000194. The van der Waals surface area contributed by atoms with Gasteiger partial charge in [-0.3, -0.25) is 14.4 Å². The standard InChI is InChI=1S/C19H19ClN2O3.C19H20N2O4/c1-12-4-7-16-15(8-12)19(23)22(11-18(20)21-16)10-13-5-6-14(24-2)9-17(13)25-3;1-12-4-7-16-15(8-12)19(23)21(11-18(22)20-16)10-13-5-6-14(24-2)9-17(13)25-3/h4-9H,10-11H2,1-3H3;4-9H,10-11H2,1-3H3,(H,20,22). The summed E-state index contributed by atoms with van der Waals surface area (Å²) >= 11 is 6.24. The number of carbonyl (C=O) groups excluding carboxylic acids is 3. The van der Waals surface area contributed by atoms with Gasteiger partial charge in [-0.25, -0.2) is 4.99 Å². The zero-order valence-corrected chi connectivity index (χ0v) is 29.6. The van der Waals surface area contributed by atoms with Crippen molar-refractivity contribution in [2.75, 3.05) is 46.8 Å². The molecule has 0 bridgehead atoms. The summed E-state index contributed by atoms with van der Waals surface area (Å²) in [5, 5.41) is 3.17. The highest BCUT2D eigenvalue weighted by Gasteiger charge is 2.28. The number of aryl methyl sites for hydroxylation is 2. The van der Waals surface area contributed by atoms with Crippen LogP contribution in [0.3, 0.4) is 0 Å². The van der Waals surface area contributed by atoms with Gasteiger partial charge < -0.3 is 34.1 Å². The average Bonchev–Trinajstić information content (AvgIpc) is 3.30. The number of anilines is 1. The van der Waals surface area contributed by atoms with Crippen LogP contribution in [0.5, 0.6) is 23.0 Å². The van der Waals surface area contributed by atoms with Gasteiger partial charge in [0, 0.05) is 23.3 Å². The molecule has 0 aromatic heterocycles. The quantitative estimate of drug-likeness (QED) is 0.222. The first-order valence-corrected chi connectivity index (χ1v) is 16.2. The fraction of sp³-hybridized carbons (Fsp3) is 0.263. The molecule has 0 spiro atoms. The van der Waals surface area contributed by atoms with E-state index in [-0.39, 0.29) is 37.4 Å². The van der Waals surface area contributed by atoms with Gasteiger partial charge in [0.15, 0.2) is 0 Å². The number of aliphatic imine (C=N–C) groups is 1. The van der Waals surface area contributed by atoms with Crippen LogP contribution in [0.25, 0.3) is 0 Å². The van der Waals surface area contributed by atoms with Crippen molar-refractivity contribution in [2.45, 2.75) is 26.9 Å². The molecule has 2 heterocycles. The topological polar surface area (TPSA) is 119 Å². The van der Waals surface area contributed by atoms with Crippen molar-refractivity contribution in [3.05, 3.63) is 106 Å². The number of halogens is 1. The molecule has 4 aromatic carbocycles. The number of fused-ring (bicyclic) bond motifs is 2. The largest absolute Gasteiger partial charge is 0.497 e. The van der Waals surface area contributed by atoms with E-state index in [0.717, 1.165) is 22.3 Å².